The lowest BCUT2D eigenvalue weighted by molar-refractivity contribution is 0.590. The first-order chi connectivity index (χ1) is 9.42. The molecule has 0 aliphatic rings. The quantitative estimate of drug-likeness (QED) is 0.770. The molecule has 0 atom stereocenters. The molecule has 0 N–H and O–H groups in total. The summed E-state index contributed by atoms with van der Waals surface area (Å²) in [5, 5.41) is 0. The minimum absolute atomic E-state index is 0.193. The van der Waals surface area contributed by atoms with Crippen LogP contribution in [0.4, 0.5) is 0 Å². The first-order valence-corrected chi connectivity index (χ1v) is 9.20. The van der Waals surface area contributed by atoms with Crippen LogP contribution < -0.4 is 0 Å². The molecule has 0 spiro atoms. The lowest BCUT2D eigenvalue weighted by Crippen LogP contribution is -2.10. The predicted octanol–water partition coefficient (Wildman–Crippen LogP) is 2.56. The first kappa shape index (κ1) is 15.3. The molecule has 0 fully saturated rings. The summed E-state index contributed by atoms with van der Waals surface area (Å²) in [6.07, 6.45) is 2.55. The van der Waals surface area contributed by atoms with Gasteiger partial charge < -0.3 is 4.57 Å². The average molecular weight is 315 g/mol. The summed E-state index contributed by atoms with van der Waals surface area (Å²) in [4.78, 5) is 4.65. The summed E-state index contributed by atoms with van der Waals surface area (Å²) in [6.45, 7) is 2.68. The smallest absolute Gasteiger partial charge is 0.147 e. The third-order valence-corrected chi connectivity index (χ3v) is 4.49. The van der Waals surface area contributed by atoms with E-state index in [1.54, 1.807) is 0 Å². The fourth-order valence-electron chi connectivity index (χ4n) is 2.34. The number of alkyl halides is 1. The maximum atomic E-state index is 11.2. The maximum absolute atomic E-state index is 11.2. The van der Waals surface area contributed by atoms with E-state index in [1.165, 1.54) is 6.26 Å². The molecule has 4 nitrogen and oxygen atoms in total. The number of sulfone groups is 1. The number of imidazole rings is 1. The molecule has 1 heterocycles. The van der Waals surface area contributed by atoms with Crippen molar-refractivity contribution in [1.29, 1.82) is 0 Å². The average Bonchev–Trinajstić information content (AvgIpc) is 2.69. The molecule has 110 valence electrons. The van der Waals surface area contributed by atoms with Gasteiger partial charge in [-0.3, -0.25) is 0 Å². The molecule has 0 saturated carbocycles. The molecule has 2 aromatic rings. The zero-order valence-electron chi connectivity index (χ0n) is 11.8. The van der Waals surface area contributed by atoms with Gasteiger partial charge in [-0.25, -0.2) is 13.4 Å². The first-order valence-electron chi connectivity index (χ1n) is 6.61. The van der Waals surface area contributed by atoms with Crippen molar-refractivity contribution < 1.29 is 8.42 Å². The Morgan fingerprint density at radius 2 is 2.10 bits per heavy atom. The van der Waals surface area contributed by atoms with E-state index in [0.29, 0.717) is 25.3 Å². The van der Waals surface area contributed by atoms with E-state index in [9.17, 15) is 8.42 Å². The van der Waals surface area contributed by atoms with Gasteiger partial charge in [0.25, 0.3) is 0 Å². The van der Waals surface area contributed by atoms with Crippen LogP contribution in [-0.2, 0) is 22.8 Å². The Bertz CT molecular complexity index is 707. The van der Waals surface area contributed by atoms with Crippen LogP contribution in [-0.4, -0.2) is 35.9 Å². The van der Waals surface area contributed by atoms with Crippen LogP contribution in [0, 0.1) is 6.92 Å². The molecule has 2 rings (SSSR count). The van der Waals surface area contributed by atoms with Crippen molar-refractivity contribution in [3.05, 3.63) is 29.6 Å². The van der Waals surface area contributed by atoms with Crippen molar-refractivity contribution in [1.82, 2.24) is 9.55 Å². The highest BCUT2D eigenvalue weighted by molar-refractivity contribution is 7.90. The van der Waals surface area contributed by atoms with Crippen LogP contribution in [0.25, 0.3) is 11.0 Å². The van der Waals surface area contributed by atoms with Gasteiger partial charge in [0, 0.05) is 25.1 Å². The summed E-state index contributed by atoms with van der Waals surface area (Å²) in [7, 11) is -2.92. The summed E-state index contributed by atoms with van der Waals surface area (Å²) < 4.78 is 24.6. The Kier molecular flexibility index (Phi) is 4.70. The van der Waals surface area contributed by atoms with E-state index >= 15 is 0 Å². The number of rotatable bonds is 6. The highest BCUT2D eigenvalue weighted by atomic mass is 35.5. The standard InChI is InChI=1S/C14H19ClN2O2S/c1-11-5-3-6-12-14(11)16-13(7-8-15)17(12)9-4-10-20(2,18)19/h3,5-6H,4,7-10H2,1-2H3. The molecule has 1 aromatic carbocycles. The fourth-order valence-corrected chi connectivity index (χ4v) is 3.17. The molecule has 6 heteroatoms. The Labute approximate surface area is 124 Å². The summed E-state index contributed by atoms with van der Waals surface area (Å²) in [6, 6.07) is 6.05. The molecule has 1 aromatic heterocycles. The number of aryl methyl sites for hydroxylation is 3. The van der Waals surface area contributed by atoms with E-state index in [2.05, 4.69) is 9.55 Å². The molecular formula is C14H19ClN2O2S. The normalized spacial score (nSPS) is 12.2. The summed E-state index contributed by atoms with van der Waals surface area (Å²) >= 11 is 5.83. The summed E-state index contributed by atoms with van der Waals surface area (Å²) in [5.74, 6) is 1.63. The number of nitrogens with zero attached hydrogens (tertiary/aromatic N) is 2. The molecule has 20 heavy (non-hydrogen) atoms. The zero-order chi connectivity index (χ0) is 14.8. The Balaban J connectivity index is 2.34. The highest BCUT2D eigenvalue weighted by Gasteiger charge is 2.12. The van der Waals surface area contributed by atoms with Crippen molar-refractivity contribution in [3.63, 3.8) is 0 Å². The number of fused-ring (bicyclic) bond motifs is 1. The minimum Gasteiger partial charge on any atom is -0.328 e. The van der Waals surface area contributed by atoms with Gasteiger partial charge >= 0.3 is 0 Å². The van der Waals surface area contributed by atoms with Crippen molar-refractivity contribution in [2.45, 2.75) is 26.3 Å². The van der Waals surface area contributed by atoms with E-state index in [1.807, 2.05) is 25.1 Å². The predicted molar refractivity (Wildman–Crippen MR) is 83.2 cm³/mol. The van der Waals surface area contributed by atoms with Crippen LogP contribution in [0.1, 0.15) is 17.8 Å². The lowest BCUT2D eigenvalue weighted by atomic mass is 10.2. The van der Waals surface area contributed by atoms with Crippen LogP contribution in [0.2, 0.25) is 0 Å². The van der Waals surface area contributed by atoms with E-state index in [0.717, 1.165) is 22.4 Å². The van der Waals surface area contributed by atoms with Gasteiger partial charge in [0.15, 0.2) is 0 Å². The lowest BCUT2D eigenvalue weighted by Gasteiger charge is -2.08. The van der Waals surface area contributed by atoms with Crippen molar-refractivity contribution in [2.75, 3.05) is 17.9 Å². The number of para-hydroxylation sites is 1. The van der Waals surface area contributed by atoms with E-state index in [-0.39, 0.29) is 5.75 Å². The third-order valence-electron chi connectivity index (χ3n) is 3.27. The molecule has 0 aliphatic carbocycles. The third kappa shape index (κ3) is 3.52. The molecular weight excluding hydrogens is 296 g/mol. The van der Waals surface area contributed by atoms with Crippen LogP contribution in [0.3, 0.4) is 0 Å². The molecule has 0 saturated heterocycles. The van der Waals surface area contributed by atoms with Gasteiger partial charge in [-0.05, 0) is 25.0 Å². The van der Waals surface area contributed by atoms with E-state index < -0.39 is 9.84 Å². The Morgan fingerprint density at radius 3 is 2.75 bits per heavy atom. The van der Waals surface area contributed by atoms with Gasteiger partial charge in [0.2, 0.25) is 0 Å². The largest absolute Gasteiger partial charge is 0.328 e. The maximum Gasteiger partial charge on any atom is 0.147 e. The Morgan fingerprint density at radius 1 is 1.35 bits per heavy atom. The highest BCUT2D eigenvalue weighted by Crippen LogP contribution is 2.20. The van der Waals surface area contributed by atoms with Gasteiger partial charge in [-0.2, -0.15) is 0 Å². The molecule has 0 aliphatic heterocycles. The molecule has 0 bridgehead atoms. The molecule has 0 radical (unpaired) electrons. The van der Waals surface area contributed by atoms with Crippen molar-refractivity contribution in [3.8, 4) is 0 Å². The van der Waals surface area contributed by atoms with Gasteiger partial charge in [-0.1, -0.05) is 12.1 Å². The second-order valence-corrected chi connectivity index (χ2v) is 7.68. The molecule has 0 unspecified atom stereocenters. The van der Waals surface area contributed by atoms with Gasteiger partial charge in [0.05, 0.1) is 16.8 Å². The van der Waals surface area contributed by atoms with Crippen LogP contribution >= 0.6 is 11.6 Å². The number of benzene rings is 1. The Hall–Kier alpha value is -1.07. The topological polar surface area (TPSA) is 52.0 Å². The van der Waals surface area contributed by atoms with Crippen molar-refractivity contribution in [2.24, 2.45) is 0 Å². The van der Waals surface area contributed by atoms with Gasteiger partial charge in [0.1, 0.15) is 15.7 Å². The van der Waals surface area contributed by atoms with Crippen LogP contribution in [0.5, 0.6) is 0 Å². The van der Waals surface area contributed by atoms with Crippen LogP contribution in [0.15, 0.2) is 18.2 Å². The second kappa shape index (κ2) is 6.14. The number of hydrogen-bond acceptors (Lipinski definition) is 3. The monoisotopic (exact) mass is 314 g/mol. The SMILES string of the molecule is Cc1cccc2c1nc(CCCl)n2CCCS(C)(=O)=O. The number of halogens is 1. The second-order valence-electron chi connectivity index (χ2n) is 5.04. The minimum atomic E-state index is -2.92. The molecule has 0 amide bonds. The van der Waals surface area contributed by atoms with Crippen molar-refractivity contribution >= 4 is 32.5 Å². The van der Waals surface area contributed by atoms with Gasteiger partial charge in [-0.15, -0.1) is 11.6 Å². The summed E-state index contributed by atoms with van der Waals surface area (Å²) in [5.41, 5.74) is 3.16. The zero-order valence-corrected chi connectivity index (χ0v) is 13.3. The van der Waals surface area contributed by atoms with E-state index in [4.69, 9.17) is 11.6 Å². The fraction of sp³-hybridized carbons (Fsp3) is 0.500. The number of aromatic nitrogens is 2. The number of hydrogen-bond donors (Lipinski definition) is 0.